The van der Waals surface area contributed by atoms with Gasteiger partial charge in [0, 0.05) is 40.7 Å². The van der Waals surface area contributed by atoms with E-state index in [1.165, 1.54) is 23.5 Å². The predicted molar refractivity (Wildman–Crippen MR) is 142 cm³/mol. The number of morpholine rings is 1. The van der Waals surface area contributed by atoms with Gasteiger partial charge in [-0.15, -0.1) is 23.1 Å². The zero-order chi connectivity index (χ0) is 27.3. The summed E-state index contributed by atoms with van der Waals surface area (Å²) in [4.78, 5) is 20.1. The molecule has 4 rings (SSSR count). The number of aromatic nitrogens is 1. The molecule has 1 N–H and O–H groups in total. The van der Waals surface area contributed by atoms with Gasteiger partial charge in [0.1, 0.15) is 10.8 Å². The average molecular weight is 567 g/mol. The van der Waals surface area contributed by atoms with E-state index in [0.29, 0.717) is 41.8 Å². The molecule has 0 unspecified atom stereocenters. The molecule has 1 fully saturated rings. The number of thiazole rings is 1. The van der Waals surface area contributed by atoms with Crippen molar-refractivity contribution in [2.24, 2.45) is 0 Å². The van der Waals surface area contributed by atoms with Gasteiger partial charge in [-0.1, -0.05) is 26.0 Å². The van der Waals surface area contributed by atoms with Crippen molar-refractivity contribution in [3.8, 4) is 16.3 Å². The fraction of sp³-hybridized carbons (Fsp3) is 0.407. The molecule has 204 valence electrons. The minimum absolute atomic E-state index is 0.144. The topological polar surface area (TPSA) is 71.9 Å². The molecule has 2 aromatic carbocycles. The molecule has 2 heterocycles. The van der Waals surface area contributed by atoms with Crippen molar-refractivity contribution in [1.82, 2.24) is 9.88 Å². The number of thioether (sulfide) groups is 1. The Bertz CT molecular complexity index is 1240. The van der Waals surface area contributed by atoms with Gasteiger partial charge in [0.15, 0.2) is 6.61 Å². The van der Waals surface area contributed by atoms with Gasteiger partial charge in [0.2, 0.25) is 0 Å². The van der Waals surface area contributed by atoms with E-state index < -0.39 is 24.3 Å². The summed E-state index contributed by atoms with van der Waals surface area (Å²) in [5.74, 6) is 0.318. The quantitative estimate of drug-likeness (QED) is 0.280. The first-order chi connectivity index (χ1) is 18.1. The van der Waals surface area contributed by atoms with E-state index in [0.717, 1.165) is 46.3 Å². The summed E-state index contributed by atoms with van der Waals surface area (Å²) in [7, 11) is 0. The number of hydrogen-bond acceptors (Lipinski definition) is 7. The van der Waals surface area contributed by atoms with Crippen molar-refractivity contribution < 1.29 is 32.5 Å². The fourth-order valence-corrected chi connectivity index (χ4v) is 6.13. The number of aliphatic carboxylic acids is 1. The summed E-state index contributed by atoms with van der Waals surface area (Å²) < 4.78 is 50.0. The van der Waals surface area contributed by atoms with Gasteiger partial charge in [-0.2, -0.15) is 13.2 Å². The van der Waals surface area contributed by atoms with E-state index in [-0.39, 0.29) is 5.92 Å². The number of carboxylic acids is 1. The van der Waals surface area contributed by atoms with Crippen LogP contribution in [0.2, 0.25) is 0 Å². The zero-order valence-corrected chi connectivity index (χ0v) is 22.7. The summed E-state index contributed by atoms with van der Waals surface area (Å²) in [6.07, 6.45) is -4.38. The third-order valence-corrected chi connectivity index (χ3v) is 8.39. The lowest BCUT2D eigenvalue weighted by molar-refractivity contribution is -0.139. The SMILES string of the molecule is CC(C)c1cc(SCc2sc(-c3ccc(C(F)(F)F)cc3)nc2CN2CCOCC2)ccc1OCC(=O)O. The van der Waals surface area contributed by atoms with Crippen molar-refractivity contribution in [2.75, 3.05) is 32.9 Å². The molecular formula is C27H29F3N2O4S2. The zero-order valence-electron chi connectivity index (χ0n) is 21.1. The molecule has 0 radical (unpaired) electrons. The molecule has 0 aliphatic carbocycles. The number of ether oxygens (including phenoxy) is 2. The largest absolute Gasteiger partial charge is 0.482 e. The van der Waals surface area contributed by atoms with Gasteiger partial charge in [-0.25, -0.2) is 9.78 Å². The summed E-state index contributed by atoms with van der Waals surface area (Å²) in [5.41, 5.74) is 1.83. The molecule has 38 heavy (non-hydrogen) atoms. The Labute approximate surface area is 227 Å². The number of carboxylic acid groups (broad SMARTS) is 1. The van der Waals surface area contributed by atoms with E-state index >= 15 is 0 Å². The van der Waals surface area contributed by atoms with Crippen molar-refractivity contribution in [1.29, 1.82) is 0 Å². The number of nitrogens with zero attached hydrogens (tertiary/aromatic N) is 2. The van der Waals surface area contributed by atoms with Crippen LogP contribution in [-0.2, 0) is 28.0 Å². The highest BCUT2D eigenvalue weighted by Crippen LogP contribution is 2.37. The van der Waals surface area contributed by atoms with Gasteiger partial charge < -0.3 is 14.6 Å². The minimum atomic E-state index is -4.38. The monoisotopic (exact) mass is 566 g/mol. The Hall–Kier alpha value is -2.60. The fourth-order valence-electron chi connectivity index (χ4n) is 4.00. The Kier molecular flexibility index (Phi) is 9.35. The van der Waals surface area contributed by atoms with Crippen molar-refractivity contribution >= 4 is 29.1 Å². The second-order valence-corrected chi connectivity index (χ2v) is 11.3. The maximum Gasteiger partial charge on any atom is 0.416 e. The second kappa shape index (κ2) is 12.5. The lowest BCUT2D eigenvalue weighted by atomic mass is 10.0. The molecule has 11 heteroatoms. The molecule has 1 saturated heterocycles. The van der Waals surface area contributed by atoms with Crippen molar-refractivity contribution in [2.45, 2.75) is 43.1 Å². The van der Waals surface area contributed by atoms with Gasteiger partial charge in [0.05, 0.1) is 24.5 Å². The Balaban J connectivity index is 1.56. The summed E-state index contributed by atoms with van der Waals surface area (Å²) in [6.45, 7) is 7.22. The molecule has 3 aromatic rings. The molecule has 0 spiro atoms. The Morgan fingerprint density at radius 2 is 1.89 bits per heavy atom. The highest BCUT2D eigenvalue weighted by atomic mass is 32.2. The van der Waals surface area contributed by atoms with Crippen LogP contribution in [0.3, 0.4) is 0 Å². The maximum atomic E-state index is 13.0. The molecule has 0 amide bonds. The van der Waals surface area contributed by atoms with Crippen LogP contribution in [0, 0.1) is 0 Å². The smallest absolute Gasteiger partial charge is 0.416 e. The van der Waals surface area contributed by atoms with Crippen LogP contribution in [-0.4, -0.2) is 53.9 Å². The standard InChI is InChI=1S/C27H29F3N2O4S2/c1-17(2)21-13-20(7-8-23(21)36-15-25(33)34)37-16-24-22(14-32-9-11-35-12-10-32)31-26(38-24)18-3-5-19(6-4-18)27(28,29)30/h3-8,13,17H,9-12,14-16H2,1-2H3,(H,33,34). The highest BCUT2D eigenvalue weighted by molar-refractivity contribution is 7.98. The maximum absolute atomic E-state index is 13.0. The first-order valence-electron chi connectivity index (χ1n) is 12.2. The summed E-state index contributed by atoms with van der Waals surface area (Å²) in [5, 5.41) is 9.64. The third kappa shape index (κ3) is 7.49. The van der Waals surface area contributed by atoms with Crippen LogP contribution in [0.1, 0.15) is 41.5 Å². The van der Waals surface area contributed by atoms with E-state index in [9.17, 15) is 18.0 Å². The van der Waals surface area contributed by atoms with Crippen molar-refractivity contribution in [3.63, 3.8) is 0 Å². The van der Waals surface area contributed by atoms with E-state index in [4.69, 9.17) is 19.6 Å². The number of halogens is 3. The van der Waals surface area contributed by atoms with Crippen LogP contribution in [0.25, 0.3) is 10.6 Å². The lowest BCUT2D eigenvalue weighted by Crippen LogP contribution is -2.35. The summed E-state index contributed by atoms with van der Waals surface area (Å²) >= 11 is 3.13. The van der Waals surface area contributed by atoms with Crippen LogP contribution in [0.4, 0.5) is 13.2 Å². The van der Waals surface area contributed by atoms with E-state index in [1.807, 2.05) is 26.0 Å². The molecular weight excluding hydrogens is 537 g/mol. The van der Waals surface area contributed by atoms with Crippen molar-refractivity contribution in [3.05, 3.63) is 64.2 Å². The first kappa shape index (κ1) is 28.4. The van der Waals surface area contributed by atoms with Gasteiger partial charge in [-0.05, 0) is 41.8 Å². The molecule has 1 aromatic heterocycles. The Morgan fingerprint density at radius 3 is 2.53 bits per heavy atom. The number of hydrogen-bond donors (Lipinski definition) is 1. The molecule has 1 aliphatic heterocycles. The Morgan fingerprint density at radius 1 is 1.18 bits per heavy atom. The van der Waals surface area contributed by atoms with Crippen LogP contribution in [0.5, 0.6) is 5.75 Å². The highest BCUT2D eigenvalue weighted by Gasteiger charge is 2.30. The normalized spacial score (nSPS) is 14.7. The number of alkyl halides is 3. The van der Waals surface area contributed by atoms with Gasteiger partial charge in [-0.3, -0.25) is 4.90 Å². The van der Waals surface area contributed by atoms with Gasteiger partial charge >= 0.3 is 12.1 Å². The van der Waals surface area contributed by atoms with Crippen LogP contribution < -0.4 is 4.74 Å². The number of rotatable bonds is 10. The molecule has 1 aliphatic rings. The second-order valence-electron chi connectivity index (χ2n) is 9.18. The number of carbonyl (C=O) groups is 1. The van der Waals surface area contributed by atoms with Gasteiger partial charge in [0.25, 0.3) is 0 Å². The van der Waals surface area contributed by atoms with E-state index in [2.05, 4.69) is 4.90 Å². The minimum Gasteiger partial charge on any atom is -0.482 e. The third-order valence-electron chi connectivity index (χ3n) is 6.04. The van der Waals surface area contributed by atoms with Crippen LogP contribution in [0.15, 0.2) is 47.4 Å². The van der Waals surface area contributed by atoms with Crippen LogP contribution >= 0.6 is 23.1 Å². The lowest BCUT2D eigenvalue weighted by Gasteiger charge is -2.26. The number of benzene rings is 2. The predicted octanol–water partition coefficient (Wildman–Crippen LogP) is 6.54. The molecule has 0 bridgehead atoms. The first-order valence-corrected chi connectivity index (χ1v) is 14.0. The molecule has 6 nitrogen and oxygen atoms in total. The summed E-state index contributed by atoms with van der Waals surface area (Å²) in [6, 6.07) is 10.9. The molecule has 0 saturated carbocycles. The van der Waals surface area contributed by atoms with E-state index in [1.54, 1.807) is 17.8 Å². The molecule has 0 atom stereocenters. The average Bonchev–Trinajstić information content (AvgIpc) is 3.29.